The molecular formula is C28H35F3N4O2. The molecule has 0 bridgehead atoms. The Bertz CT molecular complexity index is 1250. The van der Waals surface area contributed by atoms with E-state index >= 15 is 0 Å². The second-order valence-corrected chi connectivity index (χ2v) is 10.8. The van der Waals surface area contributed by atoms with Crippen molar-refractivity contribution in [3.8, 4) is 0 Å². The van der Waals surface area contributed by atoms with E-state index in [2.05, 4.69) is 23.0 Å². The summed E-state index contributed by atoms with van der Waals surface area (Å²) in [4.78, 5) is 20.5. The number of nitrogens with one attached hydrogen (secondary N) is 1. The van der Waals surface area contributed by atoms with E-state index in [9.17, 15) is 18.0 Å². The molecule has 1 aliphatic heterocycles. The lowest BCUT2D eigenvalue weighted by Gasteiger charge is -2.24. The number of allylic oxidation sites excluding steroid dienone is 6. The van der Waals surface area contributed by atoms with Crippen molar-refractivity contribution in [2.45, 2.75) is 82.7 Å². The van der Waals surface area contributed by atoms with Gasteiger partial charge in [-0.25, -0.2) is 9.50 Å². The summed E-state index contributed by atoms with van der Waals surface area (Å²) in [6.07, 6.45) is 10.9. The highest BCUT2D eigenvalue weighted by Gasteiger charge is 2.32. The Kier molecular flexibility index (Phi) is 7.70. The maximum absolute atomic E-state index is 13.2. The number of ether oxygens (including phenoxy) is 1. The van der Waals surface area contributed by atoms with Gasteiger partial charge in [0.2, 0.25) is 0 Å². The molecule has 3 aliphatic rings. The Balaban J connectivity index is 1.32. The molecule has 1 N–H and O–H groups in total. The lowest BCUT2D eigenvalue weighted by Crippen LogP contribution is -2.23. The van der Waals surface area contributed by atoms with Gasteiger partial charge in [-0.1, -0.05) is 49.6 Å². The van der Waals surface area contributed by atoms with Gasteiger partial charge >= 0.3 is 6.18 Å². The first-order chi connectivity index (χ1) is 17.8. The van der Waals surface area contributed by atoms with Gasteiger partial charge in [-0.2, -0.15) is 18.3 Å². The molecule has 5 rings (SSSR count). The number of fused-ring (bicyclic) bond motifs is 1. The van der Waals surface area contributed by atoms with Crippen molar-refractivity contribution < 1.29 is 17.9 Å². The van der Waals surface area contributed by atoms with Crippen molar-refractivity contribution in [2.24, 2.45) is 11.8 Å². The second kappa shape index (κ2) is 11.0. The third-order valence-corrected chi connectivity index (χ3v) is 8.17. The van der Waals surface area contributed by atoms with Gasteiger partial charge in [-0.15, -0.1) is 0 Å². The number of nitrogens with zero attached hydrogens (tertiary/aromatic N) is 3. The van der Waals surface area contributed by atoms with Crippen LogP contribution in [0.1, 0.15) is 88.2 Å². The number of halogens is 3. The third-order valence-electron chi connectivity index (χ3n) is 8.17. The molecule has 9 heteroatoms. The first kappa shape index (κ1) is 25.9. The molecule has 2 fully saturated rings. The molecule has 1 saturated carbocycles. The fourth-order valence-electron chi connectivity index (χ4n) is 6.18. The van der Waals surface area contributed by atoms with Gasteiger partial charge in [-0.3, -0.25) is 4.79 Å². The van der Waals surface area contributed by atoms with Crippen LogP contribution in [0.5, 0.6) is 0 Å². The predicted molar refractivity (Wildman–Crippen MR) is 135 cm³/mol. The van der Waals surface area contributed by atoms with Gasteiger partial charge < -0.3 is 9.72 Å². The summed E-state index contributed by atoms with van der Waals surface area (Å²) in [5, 5.41) is 4.90. The molecule has 0 radical (unpaired) electrons. The fourth-order valence-corrected chi connectivity index (χ4v) is 6.18. The molecule has 3 unspecified atom stereocenters. The van der Waals surface area contributed by atoms with Gasteiger partial charge in [0.05, 0.1) is 11.8 Å². The minimum Gasteiger partial charge on any atom is -0.381 e. The SMILES string of the molecule is CC1CC(CC2=CCC/C=C(\C(F)(F)F)C=C2)CCCC1c1nn2c(C3CCOCC3)ncc2c(=O)[nH]1. The quantitative estimate of drug-likeness (QED) is 0.479. The number of hydrogen-bond acceptors (Lipinski definition) is 4. The van der Waals surface area contributed by atoms with Gasteiger partial charge in [0.1, 0.15) is 11.6 Å². The Morgan fingerprint density at radius 2 is 1.89 bits per heavy atom. The van der Waals surface area contributed by atoms with E-state index in [4.69, 9.17) is 9.84 Å². The van der Waals surface area contributed by atoms with E-state index in [1.54, 1.807) is 16.8 Å². The number of H-pyrrole nitrogens is 1. The van der Waals surface area contributed by atoms with Gasteiger partial charge in [0, 0.05) is 25.0 Å². The van der Waals surface area contributed by atoms with E-state index in [-0.39, 0.29) is 23.3 Å². The average molecular weight is 517 g/mol. The number of aromatic amines is 1. The van der Waals surface area contributed by atoms with Crippen molar-refractivity contribution in [3.63, 3.8) is 0 Å². The second-order valence-electron chi connectivity index (χ2n) is 10.8. The summed E-state index contributed by atoms with van der Waals surface area (Å²) < 4.78 is 46.8. The van der Waals surface area contributed by atoms with Crippen LogP contribution < -0.4 is 5.56 Å². The van der Waals surface area contributed by atoms with Crippen LogP contribution in [-0.4, -0.2) is 39.0 Å². The number of aromatic nitrogens is 4. The maximum atomic E-state index is 13.2. The normalized spacial score (nSPS) is 27.7. The highest BCUT2D eigenvalue weighted by atomic mass is 19.4. The van der Waals surface area contributed by atoms with E-state index in [1.165, 1.54) is 12.2 Å². The zero-order chi connectivity index (χ0) is 26.0. The van der Waals surface area contributed by atoms with Crippen LogP contribution in [0.2, 0.25) is 0 Å². The topological polar surface area (TPSA) is 72.3 Å². The summed E-state index contributed by atoms with van der Waals surface area (Å²) in [5.41, 5.74) is 0.734. The minimum atomic E-state index is -4.31. The molecule has 2 aromatic heterocycles. The monoisotopic (exact) mass is 516 g/mol. The van der Waals surface area contributed by atoms with Gasteiger partial charge in [-0.05, 0) is 56.8 Å². The van der Waals surface area contributed by atoms with Crippen molar-refractivity contribution in [1.29, 1.82) is 0 Å². The number of alkyl halides is 3. The Morgan fingerprint density at radius 3 is 2.68 bits per heavy atom. The van der Waals surface area contributed by atoms with Crippen molar-refractivity contribution in [2.75, 3.05) is 13.2 Å². The Morgan fingerprint density at radius 1 is 1.11 bits per heavy atom. The zero-order valence-corrected chi connectivity index (χ0v) is 21.3. The maximum Gasteiger partial charge on any atom is 0.416 e. The first-order valence-corrected chi connectivity index (χ1v) is 13.5. The molecular weight excluding hydrogens is 481 g/mol. The molecule has 200 valence electrons. The molecule has 1 saturated heterocycles. The molecule has 2 aromatic rings. The van der Waals surface area contributed by atoms with Crippen LogP contribution >= 0.6 is 0 Å². The molecule has 2 aliphatic carbocycles. The smallest absolute Gasteiger partial charge is 0.381 e. The number of rotatable bonds is 4. The Labute approximate surface area is 214 Å². The molecule has 3 heterocycles. The molecule has 6 nitrogen and oxygen atoms in total. The van der Waals surface area contributed by atoms with E-state index in [0.29, 0.717) is 43.3 Å². The third kappa shape index (κ3) is 5.92. The number of hydrogen-bond donors (Lipinski definition) is 1. The largest absolute Gasteiger partial charge is 0.416 e. The average Bonchev–Trinajstić information content (AvgIpc) is 3.18. The summed E-state index contributed by atoms with van der Waals surface area (Å²) in [6, 6.07) is 0. The van der Waals surface area contributed by atoms with Crippen molar-refractivity contribution in [1.82, 2.24) is 19.6 Å². The predicted octanol–water partition coefficient (Wildman–Crippen LogP) is 6.38. The highest BCUT2D eigenvalue weighted by molar-refractivity contribution is 5.42. The van der Waals surface area contributed by atoms with E-state index < -0.39 is 11.7 Å². The molecule has 0 spiro atoms. The molecule has 0 amide bonds. The van der Waals surface area contributed by atoms with Crippen LogP contribution in [0.3, 0.4) is 0 Å². The highest BCUT2D eigenvalue weighted by Crippen LogP contribution is 2.40. The molecule has 0 aromatic carbocycles. The van der Waals surface area contributed by atoms with E-state index in [1.807, 2.05) is 0 Å². The Hall–Kier alpha value is -2.68. The van der Waals surface area contributed by atoms with Gasteiger partial charge in [0.25, 0.3) is 5.56 Å². The van der Waals surface area contributed by atoms with Crippen molar-refractivity contribution >= 4 is 5.52 Å². The lowest BCUT2D eigenvalue weighted by atomic mass is 9.84. The molecule has 37 heavy (non-hydrogen) atoms. The zero-order valence-electron chi connectivity index (χ0n) is 21.3. The van der Waals surface area contributed by atoms with Crippen LogP contribution in [0.4, 0.5) is 13.2 Å². The van der Waals surface area contributed by atoms with Crippen LogP contribution in [0.15, 0.2) is 46.4 Å². The van der Waals surface area contributed by atoms with E-state index in [0.717, 1.165) is 56.3 Å². The lowest BCUT2D eigenvalue weighted by molar-refractivity contribution is -0.0884. The standard InChI is InChI=1S/C28H35F3N4O2/c1-18-15-20(16-19-5-2-3-7-22(10-9-19)28(29,30)31)6-4-8-23(18)25-33-27(36)24-17-32-26(35(24)34-25)21-11-13-37-14-12-21/h5,7,9-10,17-18,20-21,23H,2-4,6,8,11-16H2,1H3,(H,33,34,36)/b10-9?,19-5?,22-7-. The minimum absolute atomic E-state index is 0.119. The van der Waals surface area contributed by atoms with Crippen molar-refractivity contribution in [3.05, 3.63) is 63.6 Å². The summed E-state index contributed by atoms with van der Waals surface area (Å²) in [6.45, 7) is 3.58. The summed E-state index contributed by atoms with van der Waals surface area (Å²) in [5.74, 6) is 2.56. The van der Waals surface area contributed by atoms with Gasteiger partial charge in [0.15, 0.2) is 5.52 Å². The fraction of sp³-hybridized carbons (Fsp3) is 0.607. The number of imidazole rings is 1. The van der Waals surface area contributed by atoms with Crippen LogP contribution in [-0.2, 0) is 4.74 Å². The van der Waals surface area contributed by atoms with Crippen LogP contribution in [0.25, 0.3) is 5.52 Å². The van der Waals surface area contributed by atoms with Crippen LogP contribution in [0, 0.1) is 11.8 Å². The summed E-state index contributed by atoms with van der Waals surface area (Å²) >= 11 is 0. The molecule has 3 atom stereocenters. The first-order valence-electron chi connectivity index (χ1n) is 13.5. The summed E-state index contributed by atoms with van der Waals surface area (Å²) in [7, 11) is 0.